The molecule has 1 aromatic heterocycles. The first-order valence-electron chi connectivity index (χ1n) is 11.3. The highest BCUT2D eigenvalue weighted by molar-refractivity contribution is 5.90. The van der Waals surface area contributed by atoms with Gasteiger partial charge in [0.05, 0.1) is 23.6 Å². The molecule has 1 amide bonds. The van der Waals surface area contributed by atoms with E-state index in [0.29, 0.717) is 18.2 Å². The van der Waals surface area contributed by atoms with E-state index < -0.39 is 0 Å². The van der Waals surface area contributed by atoms with Gasteiger partial charge in [0.1, 0.15) is 5.82 Å². The molecule has 4 rings (SSSR count). The zero-order chi connectivity index (χ0) is 20.7. The van der Waals surface area contributed by atoms with E-state index >= 15 is 0 Å². The molecule has 3 aliphatic rings. The Hall–Kier alpha value is -2.03. The van der Waals surface area contributed by atoms with E-state index in [4.69, 9.17) is 9.57 Å². The molecule has 3 heterocycles. The zero-order valence-corrected chi connectivity index (χ0v) is 17.6. The number of nitrogens with one attached hydrogen (secondary N) is 3. The SMILES string of the molecule is O=C(/C=C/c1cnc(N[C@@]2(C3CCCCC3)CCNC2)cn1)NOC1CCCCO1. The summed E-state index contributed by atoms with van der Waals surface area (Å²) >= 11 is 0. The summed E-state index contributed by atoms with van der Waals surface area (Å²) < 4.78 is 5.42. The third-order valence-corrected chi connectivity index (χ3v) is 6.46. The number of hydroxylamine groups is 1. The molecule has 1 unspecified atom stereocenters. The van der Waals surface area contributed by atoms with Gasteiger partial charge in [-0.1, -0.05) is 19.3 Å². The summed E-state index contributed by atoms with van der Waals surface area (Å²) in [4.78, 5) is 26.2. The minimum Gasteiger partial charge on any atom is -0.362 e. The van der Waals surface area contributed by atoms with Gasteiger partial charge in [-0.2, -0.15) is 0 Å². The second kappa shape index (κ2) is 10.3. The summed E-state index contributed by atoms with van der Waals surface area (Å²) in [6.45, 7) is 2.69. The van der Waals surface area contributed by atoms with Crippen LogP contribution in [0, 0.1) is 5.92 Å². The van der Waals surface area contributed by atoms with Gasteiger partial charge < -0.3 is 15.4 Å². The number of hydrogen-bond acceptors (Lipinski definition) is 7. The maximum atomic E-state index is 11.9. The Labute approximate surface area is 178 Å². The number of rotatable bonds is 7. The van der Waals surface area contributed by atoms with Crippen LogP contribution in [0.3, 0.4) is 0 Å². The third kappa shape index (κ3) is 5.56. The smallest absolute Gasteiger partial charge is 0.267 e. The Kier molecular flexibility index (Phi) is 7.30. The predicted molar refractivity (Wildman–Crippen MR) is 114 cm³/mol. The number of anilines is 1. The van der Waals surface area contributed by atoms with Gasteiger partial charge >= 0.3 is 0 Å². The molecule has 30 heavy (non-hydrogen) atoms. The zero-order valence-electron chi connectivity index (χ0n) is 17.6. The Bertz CT molecular complexity index is 706. The lowest BCUT2D eigenvalue weighted by Gasteiger charge is -2.40. The maximum Gasteiger partial charge on any atom is 0.267 e. The number of ether oxygens (including phenoxy) is 1. The lowest BCUT2D eigenvalue weighted by atomic mass is 9.74. The number of carbonyl (C=O) groups is 1. The van der Waals surface area contributed by atoms with Crippen LogP contribution in [0.1, 0.15) is 63.5 Å². The van der Waals surface area contributed by atoms with Crippen LogP contribution < -0.4 is 16.1 Å². The van der Waals surface area contributed by atoms with Crippen molar-refractivity contribution in [2.24, 2.45) is 5.92 Å². The molecule has 1 aromatic rings. The van der Waals surface area contributed by atoms with Gasteiger partial charge in [0.25, 0.3) is 5.91 Å². The van der Waals surface area contributed by atoms with Crippen LogP contribution in [0.2, 0.25) is 0 Å². The molecule has 3 N–H and O–H groups in total. The van der Waals surface area contributed by atoms with Gasteiger partial charge in [0.2, 0.25) is 0 Å². The third-order valence-electron chi connectivity index (χ3n) is 6.46. The molecule has 0 radical (unpaired) electrons. The van der Waals surface area contributed by atoms with E-state index in [9.17, 15) is 4.79 Å². The summed E-state index contributed by atoms with van der Waals surface area (Å²) in [6, 6.07) is 0. The first-order valence-corrected chi connectivity index (χ1v) is 11.3. The van der Waals surface area contributed by atoms with Gasteiger partial charge in [-0.05, 0) is 50.6 Å². The largest absolute Gasteiger partial charge is 0.362 e. The monoisotopic (exact) mass is 415 g/mol. The number of amides is 1. The average Bonchev–Trinajstić information content (AvgIpc) is 3.28. The first kappa shape index (κ1) is 21.2. The van der Waals surface area contributed by atoms with Gasteiger partial charge in [-0.15, -0.1) is 0 Å². The van der Waals surface area contributed by atoms with E-state index in [1.807, 2.05) is 0 Å². The Balaban J connectivity index is 1.29. The van der Waals surface area contributed by atoms with Crippen LogP contribution in [0.15, 0.2) is 18.5 Å². The van der Waals surface area contributed by atoms with Crippen molar-refractivity contribution in [1.82, 2.24) is 20.8 Å². The van der Waals surface area contributed by atoms with E-state index in [-0.39, 0.29) is 17.7 Å². The normalized spacial score (nSPS) is 27.9. The molecular weight excluding hydrogens is 382 g/mol. The number of nitrogens with zero attached hydrogens (tertiary/aromatic N) is 2. The van der Waals surface area contributed by atoms with Crippen LogP contribution in [-0.2, 0) is 14.4 Å². The number of carbonyl (C=O) groups excluding carboxylic acids is 1. The second-order valence-electron chi connectivity index (χ2n) is 8.58. The molecule has 2 saturated heterocycles. The Morgan fingerprint density at radius 2 is 2.03 bits per heavy atom. The van der Waals surface area contributed by atoms with E-state index in [1.54, 1.807) is 18.5 Å². The first-order chi connectivity index (χ1) is 14.7. The minimum absolute atomic E-state index is 0.0743. The lowest BCUT2D eigenvalue weighted by Crippen LogP contribution is -2.48. The highest BCUT2D eigenvalue weighted by Crippen LogP contribution is 2.38. The van der Waals surface area contributed by atoms with Crippen molar-refractivity contribution in [3.63, 3.8) is 0 Å². The van der Waals surface area contributed by atoms with Crippen molar-refractivity contribution >= 4 is 17.8 Å². The van der Waals surface area contributed by atoms with Gasteiger partial charge in [0, 0.05) is 25.6 Å². The van der Waals surface area contributed by atoms with Crippen LogP contribution in [0.5, 0.6) is 0 Å². The molecule has 0 aromatic carbocycles. The molecule has 8 heteroatoms. The standard InChI is InChI=1S/C22H33N5O3/c28-20(27-30-21-8-4-5-13-29-21)10-9-18-14-25-19(15-24-18)26-22(11-12-23-16-22)17-6-2-1-3-7-17/h9-10,14-15,17,21,23H,1-8,11-13,16H2,(H,25,26)(H,27,28)/b10-9+/t21?,22-/m0/s1. The van der Waals surface area contributed by atoms with Crippen molar-refractivity contribution in [1.29, 1.82) is 0 Å². The molecule has 3 fully saturated rings. The van der Waals surface area contributed by atoms with E-state index in [1.165, 1.54) is 38.2 Å². The minimum atomic E-state index is -0.359. The Morgan fingerprint density at radius 3 is 2.73 bits per heavy atom. The van der Waals surface area contributed by atoms with Crippen molar-refractivity contribution in [3.8, 4) is 0 Å². The van der Waals surface area contributed by atoms with Crippen molar-refractivity contribution in [3.05, 3.63) is 24.2 Å². The van der Waals surface area contributed by atoms with Gasteiger partial charge in [-0.25, -0.2) is 15.3 Å². The topological polar surface area (TPSA) is 97.4 Å². The Morgan fingerprint density at radius 1 is 1.17 bits per heavy atom. The van der Waals surface area contributed by atoms with Gasteiger partial charge in [-0.3, -0.25) is 9.78 Å². The van der Waals surface area contributed by atoms with Crippen molar-refractivity contribution < 1.29 is 14.4 Å². The number of hydrogen-bond donors (Lipinski definition) is 3. The van der Waals surface area contributed by atoms with Crippen LogP contribution in [-0.4, -0.2) is 47.4 Å². The fraction of sp³-hybridized carbons (Fsp3) is 0.682. The fourth-order valence-corrected chi connectivity index (χ4v) is 4.79. The summed E-state index contributed by atoms with van der Waals surface area (Å²) in [5.41, 5.74) is 3.11. The number of aromatic nitrogens is 2. The fourth-order valence-electron chi connectivity index (χ4n) is 4.79. The van der Waals surface area contributed by atoms with E-state index in [0.717, 1.165) is 44.6 Å². The molecule has 8 nitrogen and oxygen atoms in total. The van der Waals surface area contributed by atoms with Crippen LogP contribution >= 0.6 is 0 Å². The summed E-state index contributed by atoms with van der Waals surface area (Å²) in [5.74, 6) is 1.13. The quantitative estimate of drug-likeness (QED) is 0.465. The molecule has 0 bridgehead atoms. The molecular formula is C22H33N5O3. The molecule has 2 atom stereocenters. The summed E-state index contributed by atoms with van der Waals surface area (Å²) in [7, 11) is 0. The predicted octanol–water partition coefficient (Wildman–Crippen LogP) is 2.79. The van der Waals surface area contributed by atoms with Crippen LogP contribution in [0.25, 0.3) is 6.08 Å². The summed E-state index contributed by atoms with van der Waals surface area (Å²) in [5, 5.41) is 7.22. The molecule has 1 saturated carbocycles. The molecule has 2 aliphatic heterocycles. The molecule has 0 spiro atoms. The second-order valence-corrected chi connectivity index (χ2v) is 8.58. The molecule has 164 valence electrons. The lowest BCUT2D eigenvalue weighted by molar-refractivity contribution is -0.198. The highest BCUT2D eigenvalue weighted by atomic mass is 16.8. The van der Waals surface area contributed by atoms with Crippen molar-refractivity contribution in [2.75, 3.05) is 25.0 Å². The van der Waals surface area contributed by atoms with E-state index in [2.05, 4.69) is 26.1 Å². The summed E-state index contributed by atoms with van der Waals surface area (Å²) in [6.07, 6.45) is 16.7. The van der Waals surface area contributed by atoms with Crippen molar-refractivity contribution in [2.45, 2.75) is 69.6 Å². The van der Waals surface area contributed by atoms with Crippen LogP contribution in [0.4, 0.5) is 5.82 Å². The highest BCUT2D eigenvalue weighted by Gasteiger charge is 2.41. The van der Waals surface area contributed by atoms with Gasteiger partial charge in [0.15, 0.2) is 6.29 Å². The average molecular weight is 416 g/mol. The molecule has 1 aliphatic carbocycles. The maximum absolute atomic E-state index is 11.9.